The number of nitrogens with zero attached hydrogens (tertiary/aromatic N) is 1. The summed E-state index contributed by atoms with van der Waals surface area (Å²) >= 11 is 0. The van der Waals surface area contributed by atoms with Gasteiger partial charge in [0.15, 0.2) is 0 Å². The summed E-state index contributed by atoms with van der Waals surface area (Å²) in [7, 11) is 2.26. The van der Waals surface area contributed by atoms with Crippen LogP contribution in [0.15, 0.2) is 0 Å². The van der Waals surface area contributed by atoms with Crippen LogP contribution in [0.25, 0.3) is 0 Å². The fourth-order valence-electron chi connectivity index (χ4n) is 3.86. The lowest BCUT2D eigenvalue weighted by Gasteiger charge is -2.49. The Labute approximate surface area is 106 Å². The standard InChI is InChI=1S/C14H28N2O/c1-11-5-4-7-14(9-11,10-15)16(3)13-6-8-17-12(13)2/h11-13H,4-10,15H2,1-3H3. The van der Waals surface area contributed by atoms with Crippen LogP contribution in [-0.2, 0) is 4.74 Å². The molecule has 1 aliphatic carbocycles. The summed E-state index contributed by atoms with van der Waals surface area (Å²) in [5.41, 5.74) is 6.36. The summed E-state index contributed by atoms with van der Waals surface area (Å²) in [5.74, 6) is 0.812. The van der Waals surface area contributed by atoms with Crippen molar-refractivity contribution >= 4 is 0 Å². The Morgan fingerprint density at radius 3 is 2.65 bits per heavy atom. The molecule has 4 atom stereocenters. The van der Waals surface area contributed by atoms with E-state index in [2.05, 4.69) is 25.8 Å². The number of hydrogen-bond acceptors (Lipinski definition) is 3. The van der Waals surface area contributed by atoms with Gasteiger partial charge in [-0.1, -0.05) is 19.8 Å². The first-order chi connectivity index (χ1) is 8.09. The van der Waals surface area contributed by atoms with Crippen molar-refractivity contribution in [1.29, 1.82) is 0 Å². The summed E-state index contributed by atoms with van der Waals surface area (Å²) in [6.45, 7) is 6.26. The van der Waals surface area contributed by atoms with Crippen LogP contribution in [0.2, 0.25) is 0 Å². The highest BCUT2D eigenvalue weighted by atomic mass is 16.5. The fourth-order valence-corrected chi connectivity index (χ4v) is 3.86. The molecule has 0 radical (unpaired) electrons. The predicted molar refractivity (Wildman–Crippen MR) is 71.0 cm³/mol. The van der Waals surface area contributed by atoms with E-state index in [0.29, 0.717) is 12.1 Å². The second kappa shape index (κ2) is 5.25. The lowest BCUT2D eigenvalue weighted by Crippen LogP contribution is -2.59. The van der Waals surface area contributed by atoms with E-state index in [-0.39, 0.29) is 5.54 Å². The van der Waals surface area contributed by atoms with Gasteiger partial charge in [-0.25, -0.2) is 0 Å². The average Bonchev–Trinajstić information content (AvgIpc) is 2.74. The quantitative estimate of drug-likeness (QED) is 0.820. The minimum atomic E-state index is 0.226. The van der Waals surface area contributed by atoms with Crippen LogP contribution in [-0.4, -0.2) is 42.8 Å². The third-order valence-electron chi connectivity index (χ3n) is 5.03. The Kier molecular flexibility index (Phi) is 4.11. The van der Waals surface area contributed by atoms with Gasteiger partial charge in [0.05, 0.1) is 6.10 Å². The molecule has 4 unspecified atom stereocenters. The van der Waals surface area contributed by atoms with E-state index >= 15 is 0 Å². The number of likely N-dealkylation sites (N-methyl/N-ethyl adjacent to an activating group) is 1. The van der Waals surface area contributed by atoms with Crippen molar-refractivity contribution in [2.75, 3.05) is 20.2 Å². The van der Waals surface area contributed by atoms with Crippen molar-refractivity contribution in [2.24, 2.45) is 11.7 Å². The number of hydrogen-bond donors (Lipinski definition) is 1. The molecular formula is C14H28N2O. The van der Waals surface area contributed by atoms with E-state index < -0.39 is 0 Å². The second-order valence-corrected chi connectivity index (χ2v) is 6.17. The highest BCUT2D eigenvalue weighted by Gasteiger charge is 2.42. The molecule has 1 aliphatic heterocycles. The minimum absolute atomic E-state index is 0.226. The molecule has 2 aliphatic rings. The van der Waals surface area contributed by atoms with Gasteiger partial charge < -0.3 is 10.5 Å². The van der Waals surface area contributed by atoms with Crippen LogP contribution in [0.1, 0.15) is 46.0 Å². The maximum Gasteiger partial charge on any atom is 0.0703 e. The van der Waals surface area contributed by atoms with Crippen LogP contribution in [0.5, 0.6) is 0 Å². The van der Waals surface area contributed by atoms with Gasteiger partial charge in [0, 0.05) is 24.7 Å². The van der Waals surface area contributed by atoms with Crippen LogP contribution in [0.3, 0.4) is 0 Å². The molecule has 3 heteroatoms. The number of ether oxygens (including phenoxy) is 1. The third-order valence-corrected chi connectivity index (χ3v) is 5.03. The van der Waals surface area contributed by atoms with Crippen molar-refractivity contribution in [1.82, 2.24) is 4.90 Å². The van der Waals surface area contributed by atoms with Crippen molar-refractivity contribution < 1.29 is 4.74 Å². The van der Waals surface area contributed by atoms with Crippen molar-refractivity contribution in [2.45, 2.75) is 63.6 Å². The van der Waals surface area contributed by atoms with Gasteiger partial charge in [-0.3, -0.25) is 4.90 Å². The second-order valence-electron chi connectivity index (χ2n) is 6.17. The average molecular weight is 240 g/mol. The van der Waals surface area contributed by atoms with Gasteiger partial charge in [-0.15, -0.1) is 0 Å². The Bertz CT molecular complexity index is 259. The molecule has 0 aromatic carbocycles. The van der Waals surface area contributed by atoms with Gasteiger partial charge in [0.2, 0.25) is 0 Å². The van der Waals surface area contributed by atoms with Gasteiger partial charge in [-0.2, -0.15) is 0 Å². The van der Waals surface area contributed by atoms with E-state index in [1.807, 2.05) is 0 Å². The summed E-state index contributed by atoms with van der Waals surface area (Å²) in [5, 5.41) is 0. The van der Waals surface area contributed by atoms with E-state index in [1.165, 1.54) is 25.7 Å². The van der Waals surface area contributed by atoms with Crippen molar-refractivity contribution in [3.05, 3.63) is 0 Å². The normalized spacial score (nSPS) is 43.2. The zero-order valence-electron chi connectivity index (χ0n) is 11.6. The molecule has 0 amide bonds. The molecule has 2 N–H and O–H groups in total. The Balaban J connectivity index is 2.10. The minimum Gasteiger partial charge on any atom is -0.377 e. The number of nitrogens with two attached hydrogens (primary N) is 1. The molecule has 1 heterocycles. The van der Waals surface area contributed by atoms with E-state index in [4.69, 9.17) is 10.5 Å². The highest BCUT2D eigenvalue weighted by molar-refractivity contribution is 4.99. The lowest BCUT2D eigenvalue weighted by atomic mass is 9.74. The molecule has 1 saturated heterocycles. The Morgan fingerprint density at radius 2 is 2.12 bits per heavy atom. The molecular weight excluding hydrogens is 212 g/mol. The summed E-state index contributed by atoms with van der Waals surface area (Å²) in [4.78, 5) is 2.56. The fraction of sp³-hybridized carbons (Fsp3) is 1.00. The largest absolute Gasteiger partial charge is 0.377 e. The van der Waals surface area contributed by atoms with E-state index in [0.717, 1.165) is 25.5 Å². The SMILES string of the molecule is CC1CCCC(CN)(N(C)C2CCOC2C)C1. The molecule has 0 aromatic rings. The summed E-state index contributed by atoms with van der Waals surface area (Å²) in [6.07, 6.45) is 6.72. The molecule has 2 rings (SSSR count). The van der Waals surface area contributed by atoms with Crippen molar-refractivity contribution in [3.8, 4) is 0 Å². The summed E-state index contributed by atoms with van der Waals surface area (Å²) in [6, 6.07) is 0.559. The zero-order valence-corrected chi connectivity index (χ0v) is 11.6. The van der Waals surface area contributed by atoms with Gasteiger partial charge in [0.1, 0.15) is 0 Å². The number of rotatable bonds is 3. The van der Waals surface area contributed by atoms with Crippen molar-refractivity contribution in [3.63, 3.8) is 0 Å². The van der Waals surface area contributed by atoms with E-state index in [1.54, 1.807) is 0 Å². The van der Waals surface area contributed by atoms with Gasteiger partial charge in [-0.05, 0) is 39.2 Å². The molecule has 3 nitrogen and oxygen atoms in total. The molecule has 0 spiro atoms. The maximum absolute atomic E-state index is 6.13. The Hall–Kier alpha value is -0.120. The molecule has 0 bridgehead atoms. The molecule has 17 heavy (non-hydrogen) atoms. The van der Waals surface area contributed by atoms with Crippen LogP contribution in [0, 0.1) is 5.92 Å². The smallest absolute Gasteiger partial charge is 0.0703 e. The first-order valence-corrected chi connectivity index (χ1v) is 7.14. The van der Waals surface area contributed by atoms with Gasteiger partial charge in [0.25, 0.3) is 0 Å². The Morgan fingerprint density at radius 1 is 1.35 bits per heavy atom. The molecule has 0 aromatic heterocycles. The monoisotopic (exact) mass is 240 g/mol. The highest BCUT2D eigenvalue weighted by Crippen LogP contribution is 2.38. The molecule has 2 fully saturated rings. The topological polar surface area (TPSA) is 38.5 Å². The maximum atomic E-state index is 6.13. The summed E-state index contributed by atoms with van der Waals surface area (Å²) < 4.78 is 5.71. The first kappa shape index (κ1) is 13.3. The molecule has 100 valence electrons. The lowest BCUT2D eigenvalue weighted by molar-refractivity contribution is -0.00129. The first-order valence-electron chi connectivity index (χ1n) is 7.14. The van der Waals surface area contributed by atoms with Gasteiger partial charge >= 0.3 is 0 Å². The third kappa shape index (κ3) is 2.51. The van der Waals surface area contributed by atoms with Crippen LogP contribution in [0.4, 0.5) is 0 Å². The van der Waals surface area contributed by atoms with Crippen LogP contribution < -0.4 is 5.73 Å². The van der Waals surface area contributed by atoms with E-state index in [9.17, 15) is 0 Å². The molecule has 1 saturated carbocycles. The zero-order chi connectivity index (χ0) is 12.5. The van der Waals surface area contributed by atoms with Crippen LogP contribution >= 0.6 is 0 Å². The predicted octanol–water partition coefficient (Wildman–Crippen LogP) is 2.00.